The summed E-state index contributed by atoms with van der Waals surface area (Å²) < 4.78 is 23.8. The minimum absolute atomic E-state index is 0.0274. The lowest BCUT2D eigenvalue weighted by atomic mass is 9.55. The second kappa shape index (κ2) is 15.4. The molecule has 0 amide bonds. The zero-order chi connectivity index (χ0) is 28.2. The average molecular weight is 536 g/mol. The Bertz CT molecular complexity index is 1280. The van der Waals surface area contributed by atoms with Crippen LogP contribution in [0.1, 0.15) is 16.7 Å². The minimum Gasteiger partial charge on any atom is -0.457 e. The van der Waals surface area contributed by atoms with Crippen LogP contribution in [-0.2, 0) is 27.3 Å². The van der Waals surface area contributed by atoms with Crippen LogP contribution < -0.4 is 32.6 Å². The van der Waals surface area contributed by atoms with E-state index in [1.54, 1.807) is 0 Å². The molecule has 0 heterocycles. The van der Waals surface area contributed by atoms with Gasteiger partial charge < -0.3 is 30.2 Å². The van der Waals surface area contributed by atoms with Crippen LogP contribution >= 0.6 is 0 Å². The van der Waals surface area contributed by atoms with Crippen LogP contribution in [-0.4, -0.2) is 40.1 Å². The lowest BCUT2D eigenvalue weighted by Gasteiger charge is -2.16. The van der Waals surface area contributed by atoms with Crippen molar-refractivity contribution in [3.8, 4) is 11.5 Å². The number of hydrogen-bond acceptors (Lipinski definition) is 6. The highest BCUT2D eigenvalue weighted by atomic mass is 16.5. The summed E-state index contributed by atoms with van der Waals surface area (Å²) in [5, 5.41) is 0. The van der Waals surface area contributed by atoms with E-state index in [1.165, 1.54) is 5.56 Å². The fourth-order valence-electron chi connectivity index (χ4n) is 4.33. The molecule has 0 spiro atoms. The lowest BCUT2D eigenvalue weighted by Crippen LogP contribution is -2.45. The second-order valence-corrected chi connectivity index (χ2v) is 9.80. The van der Waals surface area contributed by atoms with Crippen molar-refractivity contribution in [3.63, 3.8) is 0 Å². The molecule has 206 valence electrons. The first-order chi connectivity index (χ1) is 19.6. The molecule has 4 aromatic rings. The van der Waals surface area contributed by atoms with Crippen molar-refractivity contribution < 1.29 is 18.8 Å². The molecule has 0 aliphatic carbocycles. The first-order valence-corrected chi connectivity index (χ1v) is 13.8. The third-order valence-electron chi connectivity index (χ3n) is 6.60. The highest BCUT2D eigenvalue weighted by Gasteiger charge is 2.21. The quantitative estimate of drug-likeness (QED) is 0.227. The van der Waals surface area contributed by atoms with Crippen molar-refractivity contribution in [1.29, 1.82) is 0 Å². The number of benzene rings is 4. The average Bonchev–Trinajstić information content (AvgIpc) is 2.99. The molecule has 4 aromatic carbocycles. The van der Waals surface area contributed by atoms with Crippen molar-refractivity contribution in [3.05, 3.63) is 114 Å². The number of rotatable bonds is 15. The molecule has 0 radical (unpaired) electrons. The standard InChI is InChI=1S/C32H38B2N2O4/c1-25-3-15-31(16-4-25)40-32-17-13-30(14-18-32)34(39-22-20-36)29-11-7-27(8-12-29)24-37-23-26-5-9-28(10-6-26)33(2)38-21-19-35/h3-18H,19-24,35-36H2,1-2H3. The molecule has 0 atom stereocenters. The van der Waals surface area contributed by atoms with Crippen LogP contribution in [0.3, 0.4) is 0 Å². The maximum atomic E-state index is 6.15. The van der Waals surface area contributed by atoms with Crippen molar-refractivity contribution in [2.75, 3.05) is 26.3 Å². The van der Waals surface area contributed by atoms with Crippen molar-refractivity contribution in [2.45, 2.75) is 27.0 Å². The van der Waals surface area contributed by atoms with Gasteiger partial charge >= 0.3 is 13.8 Å². The van der Waals surface area contributed by atoms with Crippen LogP contribution in [0, 0.1) is 6.92 Å². The van der Waals surface area contributed by atoms with E-state index in [9.17, 15) is 0 Å². The normalized spacial score (nSPS) is 10.9. The monoisotopic (exact) mass is 536 g/mol. The summed E-state index contributed by atoms with van der Waals surface area (Å²) in [5.41, 5.74) is 17.9. The van der Waals surface area contributed by atoms with E-state index in [1.807, 2.05) is 55.4 Å². The van der Waals surface area contributed by atoms with Gasteiger partial charge in [-0.25, -0.2) is 0 Å². The third kappa shape index (κ3) is 8.81. The van der Waals surface area contributed by atoms with Gasteiger partial charge in [-0.05, 0) is 58.7 Å². The topological polar surface area (TPSA) is 89.0 Å². The second-order valence-electron chi connectivity index (χ2n) is 9.80. The lowest BCUT2D eigenvalue weighted by molar-refractivity contribution is 0.107. The summed E-state index contributed by atoms with van der Waals surface area (Å²) >= 11 is 0. The third-order valence-corrected chi connectivity index (χ3v) is 6.60. The molecule has 0 bridgehead atoms. The predicted molar refractivity (Wildman–Crippen MR) is 165 cm³/mol. The molecule has 4 rings (SSSR count). The number of hydrogen-bond donors (Lipinski definition) is 2. The Balaban J connectivity index is 1.33. The Morgan fingerprint density at radius 1 is 0.575 bits per heavy atom. The predicted octanol–water partition coefficient (Wildman–Crippen LogP) is 3.39. The first kappa shape index (κ1) is 29.6. The molecule has 6 nitrogen and oxygen atoms in total. The van der Waals surface area contributed by atoms with Gasteiger partial charge in [0, 0.05) is 26.3 Å². The maximum Gasteiger partial charge on any atom is 0.361 e. The molecule has 0 aliphatic rings. The van der Waals surface area contributed by atoms with Gasteiger partial charge in [0.2, 0.25) is 0 Å². The molecule has 0 aliphatic heterocycles. The van der Waals surface area contributed by atoms with Crippen LogP contribution in [0.5, 0.6) is 11.5 Å². The summed E-state index contributed by atoms with van der Waals surface area (Å²) in [7, 11) is 0. The Labute approximate surface area is 238 Å². The zero-order valence-electron chi connectivity index (χ0n) is 23.4. The van der Waals surface area contributed by atoms with Gasteiger partial charge in [0.1, 0.15) is 11.5 Å². The van der Waals surface area contributed by atoms with Crippen LogP contribution in [0.2, 0.25) is 6.82 Å². The van der Waals surface area contributed by atoms with E-state index in [4.69, 9.17) is 30.2 Å². The molecule has 0 unspecified atom stereocenters. The summed E-state index contributed by atoms with van der Waals surface area (Å²) in [6.07, 6.45) is 0. The van der Waals surface area contributed by atoms with Gasteiger partial charge in [-0.3, -0.25) is 0 Å². The van der Waals surface area contributed by atoms with Gasteiger partial charge in [0.25, 0.3) is 0 Å². The van der Waals surface area contributed by atoms with Gasteiger partial charge in [-0.15, -0.1) is 0 Å². The Morgan fingerprint density at radius 2 is 1.02 bits per heavy atom. The molecule has 0 aromatic heterocycles. The first-order valence-electron chi connectivity index (χ1n) is 13.8. The van der Waals surface area contributed by atoms with E-state index >= 15 is 0 Å². The fourth-order valence-corrected chi connectivity index (χ4v) is 4.33. The smallest absolute Gasteiger partial charge is 0.361 e. The molecule has 8 heteroatoms. The number of aryl methyl sites for hydroxylation is 1. The fraction of sp³-hybridized carbons (Fsp3) is 0.250. The highest BCUT2D eigenvalue weighted by molar-refractivity contribution is 6.80. The largest absolute Gasteiger partial charge is 0.457 e. The zero-order valence-corrected chi connectivity index (χ0v) is 23.4. The molecular formula is C32H38B2N2O4. The molecule has 4 N–H and O–H groups in total. The van der Waals surface area contributed by atoms with Gasteiger partial charge in [-0.2, -0.15) is 0 Å². The molecular weight excluding hydrogens is 498 g/mol. The van der Waals surface area contributed by atoms with Crippen LogP contribution in [0.25, 0.3) is 0 Å². The van der Waals surface area contributed by atoms with Gasteiger partial charge in [0.05, 0.1) is 13.2 Å². The molecule has 40 heavy (non-hydrogen) atoms. The van der Waals surface area contributed by atoms with E-state index in [-0.39, 0.29) is 13.8 Å². The molecule has 0 saturated carbocycles. The van der Waals surface area contributed by atoms with E-state index in [2.05, 4.69) is 55.5 Å². The Kier molecular flexibility index (Phi) is 11.4. The van der Waals surface area contributed by atoms with Crippen molar-refractivity contribution >= 4 is 30.2 Å². The summed E-state index contributed by atoms with van der Waals surface area (Å²) in [6, 6.07) is 32.7. The summed E-state index contributed by atoms with van der Waals surface area (Å²) in [6.45, 7) is 6.97. The van der Waals surface area contributed by atoms with Crippen LogP contribution in [0.4, 0.5) is 0 Å². The summed E-state index contributed by atoms with van der Waals surface area (Å²) in [5.74, 6) is 1.59. The number of ether oxygens (including phenoxy) is 2. The maximum absolute atomic E-state index is 6.15. The van der Waals surface area contributed by atoms with Crippen LogP contribution in [0.15, 0.2) is 97.1 Å². The highest BCUT2D eigenvalue weighted by Crippen LogP contribution is 2.20. The molecule has 0 saturated heterocycles. The van der Waals surface area contributed by atoms with Gasteiger partial charge in [0.15, 0.2) is 0 Å². The Morgan fingerprint density at radius 3 is 1.55 bits per heavy atom. The van der Waals surface area contributed by atoms with E-state index < -0.39 is 0 Å². The van der Waals surface area contributed by atoms with E-state index in [0.29, 0.717) is 39.5 Å². The minimum atomic E-state index is -0.221. The Hall–Kier alpha value is -3.39. The van der Waals surface area contributed by atoms with Gasteiger partial charge in [-0.1, -0.05) is 85.2 Å². The van der Waals surface area contributed by atoms with Crippen molar-refractivity contribution in [2.24, 2.45) is 11.5 Å². The van der Waals surface area contributed by atoms with E-state index in [0.717, 1.165) is 39.0 Å². The molecule has 0 fully saturated rings. The SMILES string of the molecule is CB(OCCN)c1ccc(COCc2ccc(B(OCCN)c3ccc(Oc4ccc(C)cc4)cc3)cc2)cc1. The number of nitrogens with two attached hydrogens (primary N) is 2. The summed E-state index contributed by atoms with van der Waals surface area (Å²) in [4.78, 5) is 0. The van der Waals surface area contributed by atoms with Crippen molar-refractivity contribution in [1.82, 2.24) is 0 Å².